The lowest BCUT2D eigenvalue weighted by atomic mass is 10.1. The minimum absolute atomic E-state index is 0.0180. The van der Waals surface area contributed by atoms with Crippen LogP contribution >= 0.6 is 27.5 Å². The molecule has 98 valence electrons. The Kier molecular flexibility index (Phi) is 5.10. The highest BCUT2D eigenvalue weighted by Gasteiger charge is 2.19. The van der Waals surface area contributed by atoms with Gasteiger partial charge in [-0.15, -0.1) is 0 Å². The third-order valence-corrected chi connectivity index (χ3v) is 3.70. The van der Waals surface area contributed by atoms with Crippen LogP contribution in [0.5, 0.6) is 0 Å². The fourth-order valence-corrected chi connectivity index (χ4v) is 1.97. The Bertz CT molecular complexity index is 481. The molecule has 0 fully saturated rings. The van der Waals surface area contributed by atoms with Gasteiger partial charge in [-0.3, -0.25) is 14.9 Å². The molecule has 0 spiro atoms. The topological polar surface area (TPSA) is 63.5 Å². The molecule has 0 saturated heterocycles. The summed E-state index contributed by atoms with van der Waals surface area (Å²) in [6.45, 7) is 1.87. The molecule has 0 aliphatic heterocycles. The number of nitrogens with zero attached hydrogens (tertiary/aromatic N) is 2. The Morgan fingerprint density at radius 1 is 1.56 bits per heavy atom. The molecule has 0 bridgehead atoms. The number of halogens is 2. The van der Waals surface area contributed by atoms with Crippen molar-refractivity contribution < 1.29 is 9.72 Å². The lowest BCUT2D eigenvalue weighted by molar-refractivity contribution is -0.384. The minimum Gasteiger partial charge on any atom is -0.338 e. The summed E-state index contributed by atoms with van der Waals surface area (Å²) >= 11 is 9.05. The van der Waals surface area contributed by atoms with E-state index >= 15 is 0 Å². The number of benzene rings is 1. The van der Waals surface area contributed by atoms with Gasteiger partial charge in [-0.1, -0.05) is 27.5 Å². The van der Waals surface area contributed by atoms with Crippen LogP contribution in [0.3, 0.4) is 0 Å². The second-order valence-electron chi connectivity index (χ2n) is 3.87. The summed E-state index contributed by atoms with van der Waals surface area (Å²) in [7, 11) is 1.64. The van der Waals surface area contributed by atoms with Gasteiger partial charge in [-0.25, -0.2) is 0 Å². The van der Waals surface area contributed by atoms with Crippen molar-refractivity contribution in [3.05, 3.63) is 38.9 Å². The largest absolute Gasteiger partial charge is 0.338 e. The van der Waals surface area contributed by atoms with E-state index in [0.29, 0.717) is 5.33 Å². The zero-order valence-electron chi connectivity index (χ0n) is 9.89. The number of nitro benzene ring substituents is 1. The minimum atomic E-state index is -0.573. The van der Waals surface area contributed by atoms with E-state index in [2.05, 4.69) is 15.9 Å². The van der Waals surface area contributed by atoms with Gasteiger partial charge >= 0.3 is 0 Å². The highest BCUT2D eigenvalue weighted by molar-refractivity contribution is 9.09. The van der Waals surface area contributed by atoms with Crippen molar-refractivity contribution in [1.82, 2.24) is 4.90 Å². The number of nitro groups is 1. The molecule has 0 N–H and O–H groups in total. The molecule has 0 aliphatic rings. The zero-order valence-corrected chi connectivity index (χ0v) is 12.2. The number of hydrogen-bond donors (Lipinski definition) is 0. The molecule has 1 aromatic carbocycles. The number of amides is 1. The van der Waals surface area contributed by atoms with E-state index in [1.165, 1.54) is 23.1 Å². The third kappa shape index (κ3) is 3.43. The van der Waals surface area contributed by atoms with Crippen LogP contribution in [0.25, 0.3) is 0 Å². The van der Waals surface area contributed by atoms with Gasteiger partial charge in [-0.05, 0) is 13.0 Å². The standard InChI is InChI=1S/C11H12BrClN2O3/c1-7(6-12)14(2)11(16)8-3-9(13)5-10(4-8)15(17)18/h3-5,7H,6H2,1-2H3. The summed E-state index contributed by atoms with van der Waals surface area (Å²) in [6, 6.07) is 3.85. The molecule has 0 radical (unpaired) electrons. The van der Waals surface area contributed by atoms with Gasteiger partial charge in [0.25, 0.3) is 11.6 Å². The molecule has 1 amide bonds. The van der Waals surface area contributed by atoms with E-state index in [-0.39, 0.29) is 28.2 Å². The van der Waals surface area contributed by atoms with E-state index in [4.69, 9.17) is 11.6 Å². The summed E-state index contributed by atoms with van der Waals surface area (Å²) in [5.74, 6) is -0.299. The van der Waals surface area contributed by atoms with E-state index in [0.717, 1.165) is 0 Å². The Hall–Kier alpha value is -1.14. The SMILES string of the molecule is CC(CBr)N(C)C(=O)c1cc(Cl)cc([N+](=O)[O-])c1. The molecular weight excluding hydrogens is 323 g/mol. The molecule has 1 aromatic rings. The van der Waals surface area contributed by atoms with Crippen molar-refractivity contribution in [3.63, 3.8) is 0 Å². The molecular formula is C11H12BrClN2O3. The Balaban J connectivity index is 3.09. The van der Waals surface area contributed by atoms with E-state index in [9.17, 15) is 14.9 Å². The summed E-state index contributed by atoms with van der Waals surface area (Å²) in [5, 5.41) is 11.5. The number of alkyl halides is 1. The highest BCUT2D eigenvalue weighted by atomic mass is 79.9. The summed E-state index contributed by atoms with van der Waals surface area (Å²) in [4.78, 5) is 23.7. The van der Waals surface area contributed by atoms with Crippen LogP contribution in [0.1, 0.15) is 17.3 Å². The molecule has 0 aliphatic carbocycles. The van der Waals surface area contributed by atoms with Crippen molar-refractivity contribution in [2.75, 3.05) is 12.4 Å². The smallest absolute Gasteiger partial charge is 0.271 e. The Labute approximate surface area is 118 Å². The predicted octanol–water partition coefficient (Wildman–Crippen LogP) is 3.10. The quantitative estimate of drug-likeness (QED) is 0.482. The maximum absolute atomic E-state index is 12.1. The van der Waals surface area contributed by atoms with Gasteiger partial charge in [0.2, 0.25) is 0 Å². The first-order valence-corrected chi connectivity index (χ1v) is 6.65. The number of carbonyl (C=O) groups is 1. The van der Waals surface area contributed by atoms with Gasteiger partial charge in [0.05, 0.1) is 4.92 Å². The van der Waals surface area contributed by atoms with Crippen molar-refractivity contribution >= 4 is 39.1 Å². The van der Waals surface area contributed by atoms with E-state index < -0.39 is 4.92 Å². The lowest BCUT2D eigenvalue weighted by Gasteiger charge is -2.23. The molecule has 0 heterocycles. The van der Waals surface area contributed by atoms with Crippen LogP contribution in [0.15, 0.2) is 18.2 Å². The Morgan fingerprint density at radius 3 is 2.67 bits per heavy atom. The summed E-state index contributed by atoms with van der Waals surface area (Å²) in [5.41, 5.74) is 0.0234. The predicted molar refractivity (Wildman–Crippen MR) is 73.5 cm³/mol. The maximum atomic E-state index is 12.1. The van der Waals surface area contributed by atoms with Crippen molar-refractivity contribution in [3.8, 4) is 0 Å². The first-order valence-electron chi connectivity index (χ1n) is 5.15. The van der Waals surface area contributed by atoms with Gasteiger partial charge in [-0.2, -0.15) is 0 Å². The molecule has 1 rings (SSSR count). The molecule has 7 heteroatoms. The van der Waals surface area contributed by atoms with Crippen molar-refractivity contribution in [2.24, 2.45) is 0 Å². The van der Waals surface area contributed by atoms with Gasteiger partial charge < -0.3 is 4.90 Å². The fourth-order valence-electron chi connectivity index (χ4n) is 1.31. The molecule has 1 atom stereocenters. The maximum Gasteiger partial charge on any atom is 0.271 e. The number of rotatable bonds is 4. The first kappa shape index (κ1) is 14.9. The lowest BCUT2D eigenvalue weighted by Crippen LogP contribution is -2.36. The van der Waals surface area contributed by atoms with Crippen LogP contribution in [0.4, 0.5) is 5.69 Å². The van der Waals surface area contributed by atoms with Crippen LogP contribution in [0.2, 0.25) is 5.02 Å². The fraction of sp³-hybridized carbons (Fsp3) is 0.364. The molecule has 5 nitrogen and oxygen atoms in total. The van der Waals surface area contributed by atoms with Crippen molar-refractivity contribution in [2.45, 2.75) is 13.0 Å². The summed E-state index contributed by atoms with van der Waals surface area (Å²) in [6.07, 6.45) is 0. The second kappa shape index (κ2) is 6.15. The average Bonchev–Trinajstić information content (AvgIpc) is 2.35. The number of hydrogen-bond acceptors (Lipinski definition) is 3. The van der Waals surface area contributed by atoms with Gasteiger partial charge in [0.15, 0.2) is 0 Å². The monoisotopic (exact) mass is 334 g/mol. The van der Waals surface area contributed by atoms with Crippen molar-refractivity contribution in [1.29, 1.82) is 0 Å². The third-order valence-electron chi connectivity index (χ3n) is 2.55. The van der Waals surface area contributed by atoms with E-state index in [1.807, 2.05) is 6.92 Å². The molecule has 0 aromatic heterocycles. The molecule has 18 heavy (non-hydrogen) atoms. The van der Waals surface area contributed by atoms with Gasteiger partial charge in [0.1, 0.15) is 0 Å². The zero-order chi connectivity index (χ0) is 13.9. The van der Waals surface area contributed by atoms with Crippen LogP contribution in [-0.4, -0.2) is 34.2 Å². The number of non-ortho nitro benzene ring substituents is 1. The van der Waals surface area contributed by atoms with Crippen LogP contribution in [0, 0.1) is 10.1 Å². The van der Waals surface area contributed by atoms with E-state index in [1.54, 1.807) is 7.05 Å². The molecule has 1 unspecified atom stereocenters. The van der Waals surface area contributed by atoms with Crippen LogP contribution < -0.4 is 0 Å². The van der Waals surface area contributed by atoms with Crippen LogP contribution in [-0.2, 0) is 0 Å². The summed E-state index contributed by atoms with van der Waals surface area (Å²) < 4.78 is 0. The second-order valence-corrected chi connectivity index (χ2v) is 4.96. The molecule has 0 saturated carbocycles. The van der Waals surface area contributed by atoms with Gasteiger partial charge in [0, 0.05) is 41.1 Å². The normalized spacial score (nSPS) is 12.0. The Morgan fingerprint density at radius 2 is 2.17 bits per heavy atom. The highest BCUT2D eigenvalue weighted by Crippen LogP contribution is 2.22. The average molecular weight is 336 g/mol. The number of carbonyl (C=O) groups excluding carboxylic acids is 1. The first-order chi connectivity index (χ1) is 8.36.